The summed E-state index contributed by atoms with van der Waals surface area (Å²) in [5.41, 5.74) is 2.85. The number of nitrogens with zero attached hydrogens (tertiary/aromatic N) is 2. The van der Waals surface area contributed by atoms with Gasteiger partial charge in [0.2, 0.25) is 0 Å². The molecule has 0 spiro atoms. The number of anilines is 1. The lowest BCUT2D eigenvalue weighted by molar-refractivity contribution is -0.384. The highest BCUT2D eigenvalue weighted by Crippen LogP contribution is 2.25. The summed E-state index contributed by atoms with van der Waals surface area (Å²) in [7, 11) is 0. The Morgan fingerprint density at radius 2 is 1.81 bits per heavy atom. The molecule has 1 N–H and O–H groups in total. The number of carbonyl (C=O) groups excluding carboxylic acids is 1. The number of aldehydes is 1. The van der Waals surface area contributed by atoms with E-state index in [0.29, 0.717) is 18.5 Å². The van der Waals surface area contributed by atoms with Crippen LogP contribution in [0, 0.1) is 10.1 Å². The maximum absolute atomic E-state index is 11.2. The van der Waals surface area contributed by atoms with E-state index < -0.39 is 4.92 Å². The standard InChI is InChI=1S/C19H21N3O4/c23-14-17-5-6-18(19(11-17)22(24)25)20-12-15-1-3-16(4-2-15)13-21-7-9-26-10-8-21/h1-6,11,14,20H,7-10,12-13H2. The van der Waals surface area contributed by atoms with Gasteiger partial charge in [0.25, 0.3) is 5.69 Å². The van der Waals surface area contributed by atoms with Gasteiger partial charge in [-0.25, -0.2) is 0 Å². The normalized spacial score (nSPS) is 14.8. The molecule has 0 atom stereocenters. The molecule has 26 heavy (non-hydrogen) atoms. The number of hydrogen-bond donors (Lipinski definition) is 1. The monoisotopic (exact) mass is 355 g/mol. The molecule has 1 aliphatic rings. The van der Waals surface area contributed by atoms with Crippen molar-refractivity contribution >= 4 is 17.7 Å². The van der Waals surface area contributed by atoms with Crippen LogP contribution in [0.25, 0.3) is 0 Å². The Morgan fingerprint density at radius 1 is 1.12 bits per heavy atom. The van der Waals surface area contributed by atoms with E-state index >= 15 is 0 Å². The Balaban J connectivity index is 1.61. The predicted octanol–water partition coefficient (Wildman–Crippen LogP) is 2.85. The second kappa shape index (κ2) is 8.55. The molecule has 1 saturated heterocycles. The van der Waals surface area contributed by atoms with Crippen LogP contribution in [0.15, 0.2) is 42.5 Å². The predicted molar refractivity (Wildman–Crippen MR) is 98.3 cm³/mol. The third-order valence-electron chi connectivity index (χ3n) is 4.37. The lowest BCUT2D eigenvalue weighted by Crippen LogP contribution is -2.35. The van der Waals surface area contributed by atoms with E-state index in [0.717, 1.165) is 38.4 Å². The van der Waals surface area contributed by atoms with Gasteiger partial charge < -0.3 is 10.1 Å². The smallest absolute Gasteiger partial charge is 0.293 e. The summed E-state index contributed by atoms with van der Waals surface area (Å²) in [5.74, 6) is 0. The molecule has 2 aromatic rings. The summed E-state index contributed by atoms with van der Waals surface area (Å²) in [6, 6.07) is 12.6. The maximum Gasteiger partial charge on any atom is 0.293 e. The molecule has 7 nitrogen and oxygen atoms in total. The van der Waals surface area contributed by atoms with Gasteiger partial charge in [-0.1, -0.05) is 24.3 Å². The molecular formula is C19H21N3O4. The quantitative estimate of drug-likeness (QED) is 0.467. The molecule has 1 heterocycles. The average Bonchev–Trinajstić information content (AvgIpc) is 2.68. The van der Waals surface area contributed by atoms with Crippen LogP contribution in [0.3, 0.4) is 0 Å². The van der Waals surface area contributed by atoms with Crippen molar-refractivity contribution in [1.82, 2.24) is 4.90 Å². The fourth-order valence-corrected chi connectivity index (χ4v) is 2.90. The Hall–Kier alpha value is -2.77. The molecular weight excluding hydrogens is 334 g/mol. The highest BCUT2D eigenvalue weighted by atomic mass is 16.6. The molecule has 3 rings (SSSR count). The van der Waals surface area contributed by atoms with Gasteiger partial charge in [-0.05, 0) is 23.3 Å². The van der Waals surface area contributed by atoms with Gasteiger partial charge in [0.15, 0.2) is 0 Å². The highest BCUT2D eigenvalue weighted by Gasteiger charge is 2.14. The molecule has 1 fully saturated rings. The molecule has 0 bridgehead atoms. The lowest BCUT2D eigenvalue weighted by atomic mass is 10.1. The van der Waals surface area contributed by atoms with Crippen molar-refractivity contribution in [2.75, 3.05) is 31.6 Å². The summed E-state index contributed by atoms with van der Waals surface area (Å²) in [5, 5.41) is 14.2. The topological polar surface area (TPSA) is 84.7 Å². The molecule has 0 unspecified atom stereocenters. The van der Waals surface area contributed by atoms with Crippen LogP contribution in [-0.2, 0) is 17.8 Å². The van der Waals surface area contributed by atoms with Crippen molar-refractivity contribution in [3.63, 3.8) is 0 Å². The van der Waals surface area contributed by atoms with E-state index in [4.69, 9.17) is 4.74 Å². The summed E-state index contributed by atoms with van der Waals surface area (Å²) >= 11 is 0. The van der Waals surface area contributed by atoms with Gasteiger partial charge in [0, 0.05) is 37.8 Å². The molecule has 2 aromatic carbocycles. The molecule has 0 amide bonds. The zero-order valence-corrected chi connectivity index (χ0v) is 14.4. The summed E-state index contributed by atoms with van der Waals surface area (Å²) in [4.78, 5) is 23.8. The zero-order chi connectivity index (χ0) is 18.4. The van der Waals surface area contributed by atoms with Gasteiger partial charge in [-0.15, -0.1) is 0 Å². The van der Waals surface area contributed by atoms with Crippen molar-refractivity contribution in [3.05, 3.63) is 69.3 Å². The largest absolute Gasteiger partial charge is 0.379 e. The van der Waals surface area contributed by atoms with E-state index in [1.807, 2.05) is 12.1 Å². The first kappa shape index (κ1) is 18.0. The average molecular weight is 355 g/mol. The summed E-state index contributed by atoms with van der Waals surface area (Å²) in [6.07, 6.45) is 0.601. The third-order valence-corrected chi connectivity index (χ3v) is 4.37. The molecule has 136 valence electrons. The van der Waals surface area contributed by atoms with Crippen LogP contribution in [0.5, 0.6) is 0 Å². The van der Waals surface area contributed by atoms with Gasteiger partial charge in [0.1, 0.15) is 12.0 Å². The number of carbonyl (C=O) groups is 1. The molecule has 0 aromatic heterocycles. The summed E-state index contributed by atoms with van der Waals surface area (Å²) < 4.78 is 5.35. The van der Waals surface area contributed by atoms with Crippen molar-refractivity contribution < 1.29 is 14.5 Å². The lowest BCUT2D eigenvalue weighted by Gasteiger charge is -2.26. The second-order valence-electron chi connectivity index (χ2n) is 6.21. The minimum Gasteiger partial charge on any atom is -0.379 e. The zero-order valence-electron chi connectivity index (χ0n) is 14.4. The van der Waals surface area contributed by atoms with Crippen LogP contribution in [-0.4, -0.2) is 42.4 Å². The Morgan fingerprint density at radius 3 is 2.46 bits per heavy atom. The van der Waals surface area contributed by atoms with Crippen LogP contribution >= 0.6 is 0 Å². The Kier molecular flexibility index (Phi) is 5.93. The van der Waals surface area contributed by atoms with Gasteiger partial charge >= 0.3 is 0 Å². The first-order chi connectivity index (χ1) is 12.7. The van der Waals surface area contributed by atoms with Crippen molar-refractivity contribution in [3.8, 4) is 0 Å². The van der Waals surface area contributed by atoms with Crippen molar-refractivity contribution in [2.45, 2.75) is 13.1 Å². The number of nitro groups is 1. The van der Waals surface area contributed by atoms with Crippen LogP contribution in [0.4, 0.5) is 11.4 Å². The molecule has 0 radical (unpaired) electrons. The second-order valence-corrected chi connectivity index (χ2v) is 6.21. The molecule has 7 heteroatoms. The van der Waals surface area contributed by atoms with Crippen LogP contribution < -0.4 is 5.32 Å². The number of hydrogen-bond acceptors (Lipinski definition) is 6. The Bertz CT molecular complexity index is 771. The number of ether oxygens (including phenoxy) is 1. The first-order valence-corrected chi connectivity index (χ1v) is 8.51. The number of benzene rings is 2. The van der Waals surface area contributed by atoms with E-state index in [-0.39, 0.29) is 11.3 Å². The summed E-state index contributed by atoms with van der Waals surface area (Å²) in [6.45, 7) is 4.83. The molecule has 1 aliphatic heterocycles. The first-order valence-electron chi connectivity index (χ1n) is 8.51. The fraction of sp³-hybridized carbons (Fsp3) is 0.316. The van der Waals surface area contributed by atoms with Gasteiger partial charge in [-0.2, -0.15) is 0 Å². The van der Waals surface area contributed by atoms with Crippen molar-refractivity contribution in [1.29, 1.82) is 0 Å². The molecule has 0 aliphatic carbocycles. The molecule has 0 saturated carbocycles. The van der Waals surface area contributed by atoms with Crippen LogP contribution in [0.1, 0.15) is 21.5 Å². The van der Waals surface area contributed by atoms with E-state index in [2.05, 4.69) is 22.3 Å². The minimum absolute atomic E-state index is 0.0986. The number of nitrogens with one attached hydrogen (secondary N) is 1. The number of nitro benzene ring substituents is 1. The maximum atomic E-state index is 11.2. The number of morpholine rings is 1. The van der Waals surface area contributed by atoms with Gasteiger partial charge in [0.05, 0.1) is 18.1 Å². The number of rotatable bonds is 7. The van der Waals surface area contributed by atoms with E-state index in [1.165, 1.54) is 11.6 Å². The minimum atomic E-state index is -0.485. The van der Waals surface area contributed by atoms with Gasteiger partial charge in [-0.3, -0.25) is 19.8 Å². The van der Waals surface area contributed by atoms with Crippen LogP contribution in [0.2, 0.25) is 0 Å². The highest BCUT2D eigenvalue weighted by molar-refractivity contribution is 5.79. The third kappa shape index (κ3) is 4.65. The fourth-order valence-electron chi connectivity index (χ4n) is 2.90. The van der Waals surface area contributed by atoms with E-state index in [1.54, 1.807) is 12.1 Å². The SMILES string of the molecule is O=Cc1ccc(NCc2ccc(CN3CCOCC3)cc2)c([N+](=O)[O-])c1. The Labute approximate surface area is 151 Å². The van der Waals surface area contributed by atoms with E-state index in [9.17, 15) is 14.9 Å². The van der Waals surface area contributed by atoms with Crippen molar-refractivity contribution in [2.24, 2.45) is 0 Å².